The van der Waals surface area contributed by atoms with Crippen LogP contribution in [0.2, 0.25) is 0 Å². The average molecular weight is 261 g/mol. The van der Waals surface area contributed by atoms with Crippen molar-refractivity contribution in [2.24, 2.45) is 5.92 Å². The summed E-state index contributed by atoms with van der Waals surface area (Å²) in [6.45, 7) is 13.7. The van der Waals surface area contributed by atoms with Crippen LogP contribution in [-0.4, -0.2) is 13.1 Å². The predicted molar refractivity (Wildman–Crippen MR) is 85.8 cm³/mol. The van der Waals surface area contributed by atoms with Gasteiger partial charge in [-0.15, -0.1) is 0 Å². The number of nitrogens with one attached hydrogen (secondary N) is 1. The lowest BCUT2D eigenvalue weighted by Gasteiger charge is -2.23. The number of hydrogen-bond acceptors (Lipinski definition) is 1. The fraction of sp³-hybridized carbons (Fsp3) is 0.667. The second kappa shape index (κ2) is 7.69. The first-order valence-corrected chi connectivity index (χ1v) is 7.79. The van der Waals surface area contributed by atoms with Gasteiger partial charge < -0.3 is 5.32 Å². The fourth-order valence-electron chi connectivity index (χ4n) is 2.30. The smallest absolute Gasteiger partial charge is 0.00200 e. The van der Waals surface area contributed by atoms with Gasteiger partial charge in [0.1, 0.15) is 0 Å². The van der Waals surface area contributed by atoms with Crippen LogP contribution in [0.4, 0.5) is 0 Å². The Morgan fingerprint density at radius 1 is 1.11 bits per heavy atom. The van der Waals surface area contributed by atoms with Gasteiger partial charge in [-0.25, -0.2) is 0 Å². The topological polar surface area (TPSA) is 12.0 Å². The van der Waals surface area contributed by atoms with Crippen LogP contribution in [0.15, 0.2) is 24.3 Å². The maximum absolute atomic E-state index is 3.50. The van der Waals surface area contributed by atoms with E-state index in [0.29, 0.717) is 11.3 Å². The van der Waals surface area contributed by atoms with E-state index in [-0.39, 0.29) is 0 Å². The standard InChI is InChI=1S/C18H31N/c1-6-12-19-14-15(3)13-16-8-10-17(11-9-16)18(4,5)7-2/h8-11,15,19H,6-7,12-14H2,1-5H3. The molecule has 1 nitrogen and oxygen atoms in total. The Morgan fingerprint density at radius 2 is 1.74 bits per heavy atom. The molecule has 0 radical (unpaired) electrons. The van der Waals surface area contributed by atoms with Gasteiger partial charge in [-0.05, 0) is 54.8 Å². The molecule has 19 heavy (non-hydrogen) atoms. The second-order valence-corrected chi connectivity index (χ2v) is 6.45. The van der Waals surface area contributed by atoms with Crippen LogP contribution in [0.25, 0.3) is 0 Å². The van der Waals surface area contributed by atoms with Gasteiger partial charge >= 0.3 is 0 Å². The summed E-state index contributed by atoms with van der Waals surface area (Å²) < 4.78 is 0. The molecule has 0 saturated heterocycles. The summed E-state index contributed by atoms with van der Waals surface area (Å²) in [5.41, 5.74) is 3.21. The van der Waals surface area contributed by atoms with Crippen LogP contribution in [0, 0.1) is 5.92 Å². The molecular formula is C18H31N. The molecule has 1 aromatic carbocycles. The van der Waals surface area contributed by atoms with E-state index in [2.05, 4.69) is 64.2 Å². The van der Waals surface area contributed by atoms with Gasteiger partial charge in [0.25, 0.3) is 0 Å². The van der Waals surface area contributed by atoms with Crippen molar-refractivity contribution in [2.75, 3.05) is 13.1 Å². The van der Waals surface area contributed by atoms with Crippen molar-refractivity contribution < 1.29 is 0 Å². The van der Waals surface area contributed by atoms with Gasteiger partial charge in [0.15, 0.2) is 0 Å². The maximum Gasteiger partial charge on any atom is -0.00200 e. The second-order valence-electron chi connectivity index (χ2n) is 6.45. The Kier molecular flexibility index (Phi) is 6.57. The Balaban J connectivity index is 2.52. The van der Waals surface area contributed by atoms with Gasteiger partial charge in [0.2, 0.25) is 0 Å². The van der Waals surface area contributed by atoms with Crippen molar-refractivity contribution in [1.29, 1.82) is 0 Å². The average Bonchev–Trinajstić information content (AvgIpc) is 2.39. The summed E-state index contributed by atoms with van der Waals surface area (Å²) in [5, 5.41) is 3.50. The number of rotatable bonds is 8. The Bertz CT molecular complexity index is 350. The highest BCUT2D eigenvalue weighted by Gasteiger charge is 2.17. The zero-order valence-electron chi connectivity index (χ0n) is 13.4. The molecule has 0 fully saturated rings. The Labute approximate surface area is 119 Å². The lowest BCUT2D eigenvalue weighted by Crippen LogP contribution is -2.23. The SMILES string of the molecule is CCCNCC(C)Cc1ccc(C(C)(C)CC)cc1. The first-order valence-electron chi connectivity index (χ1n) is 7.79. The highest BCUT2D eigenvalue weighted by molar-refractivity contribution is 5.28. The summed E-state index contributed by atoms with van der Waals surface area (Å²) >= 11 is 0. The third-order valence-corrected chi connectivity index (χ3v) is 4.12. The van der Waals surface area contributed by atoms with Crippen LogP contribution in [-0.2, 0) is 11.8 Å². The quantitative estimate of drug-likeness (QED) is 0.677. The van der Waals surface area contributed by atoms with E-state index in [9.17, 15) is 0 Å². The summed E-state index contributed by atoms with van der Waals surface area (Å²) in [5.74, 6) is 0.705. The molecule has 0 bridgehead atoms. The van der Waals surface area contributed by atoms with E-state index >= 15 is 0 Å². The minimum atomic E-state index is 0.298. The Hall–Kier alpha value is -0.820. The summed E-state index contributed by atoms with van der Waals surface area (Å²) in [6, 6.07) is 9.24. The van der Waals surface area contributed by atoms with Gasteiger partial charge in [-0.3, -0.25) is 0 Å². The van der Waals surface area contributed by atoms with Gasteiger partial charge in [0, 0.05) is 0 Å². The van der Waals surface area contributed by atoms with E-state index in [4.69, 9.17) is 0 Å². The first kappa shape index (κ1) is 16.2. The summed E-state index contributed by atoms with van der Waals surface area (Å²) in [7, 11) is 0. The molecule has 1 heteroatoms. The highest BCUT2D eigenvalue weighted by atomic mass is 14.8. The molecule has 108 valence electrons. The van der Waals surface area contributed by atoms with Crippen molar-refractivity contribution >= 4 is 0 Å². The lowest BCUT2D eigenvalue weighted by atomic mass is 9.82. The zero-order valence-corrected chi connectivity index (χ0v) is 13.4. The van der Waals surface area contributed by atoms with Gasteiger partial charge in [0.05, 0.1) is 0 Å². The normalized spacial score (nSPS) is 13.5. The minimum Gasteiger partial charge on any atom is -0.316 e. The molecule has 1 aromatic rings. The molecular weight excluding hydrogens is 230 g/mol. The molecule has 0 amide bonds. The van der Waals surface area contributed by atoms with Crippen LogP contribution >= 0.6 is 0 Å². The number of benzene rings is 1. The fourth-order valence-corrected chi connectivity index (χ4v) is 2.30. The van der Waals surface area contributed by atoms with E-state index < -0.39 is 0 Å². The van der Waals surface area contributed by atoms with Crippen LogP contribution in [0.1, 0.15) is 58.6 Å². The van der Waals surface area contributed by atoms with Gasteiger partial charge in [-0.2, -0.15) is 0 Å². The third kappa shape index (κ3) is 5.36. The van der Waals surface area contributed by atoms with Crippen molar-refractivity contribution in [1.82, 2.24) is 5.32 Å². The molecule has 0 spiro atoms. The molecule has 0 saturated carbocycles. The van der Waals surface area contributed by atoms with Gasteiger partial charge in [-0.1, -0.05) is 58.9 Å². The van der Waals surface area contributed by atoms with E-state index in [1.807, 2.05) is 0 Å². The van der Waals surface area contributed by atoms with E-state index in [1.54, 1.807) is 0 Å². The van der Waals surface area contributed by atoms with E-state index in [1.165, 1.54) is 30.4 Å². The lowest BCUT2D eigenvalue weighted by molar-refractivity contribution is 0.502. The minimum absolute atomic E-state index is 0.298. The van der Waals surface area contributed by atoms with Crippen molar-refractivity contribution in [2.45, 2.75) is 59.3 Å². The first-order chi connectivity index (χ1) is 8.99. The molecule has 1 atom stereocenters. The third-order valence-electron chi connectivity index (χ3n) is 4.12. The Morgan fingerprint density at radius 3 is 2.26 bits per heavy atom. The molecule has 0 heterocycles. The zero-order chi connectivity index (χ0) is 14.3. The van der Waals surface area contributed by atoms with Crippen LogP contribution in [0.3, 0.4) is 0 Å². The molecule has 1 N–H and O–H groups in total. The predicted octanol–water partition coefficient (Wildman–Crippen LogP) is 4.55. The largest absolute Gasteiger partial charge is 0.316 e. The molecule has 0 aliphatic rings. The highest BCUT2D eigenvalue weighted by Crippen LogP contribution is 2.26. The maximum atomic E-state index is 3.50. The summed E-state index contributed by atoms with van der Waals surface area (Å²) in [6.07, 6.45) is 3.57. The monoisotopic (exact) mass is 261 g/mol. The summed E-state index contributed by atoms with van der Waals surface area (Å²) in [4.78, 5) is 0. The molecule has 0 aliphatic carbocycles. The number of hydrogen-bond donors (Lipinski definition) is 1. The molecule has 0 aliphatic heterocycles. The molecule has 0 aromatic heterocycles. The van der Waals surface area contributed by atoms with E-state index in [0.717, 1.165) is 13.1 Å². The molecule has 1 rings (SSSR count). The van der Waals surface area contributed by atoms with Crippen molar-refractivity contribution in [3.05, 3.63) is 35.4 Å². The van der Waals surface area contributed by atoms with Crippen molar-refractivity contribution in [3.63, 3.8) is 0 Å². The molecule has 1 unspecified atom stereocenters. The van der Waals surface area contributed by atoms with Crippen molar-refractivity contribution in [3.8, 4) is 0 Å². The van der Waals surface area contributed by atoms with Crippen LogP contribution in [0.5, 0.6) is 0 Å². The van der Waals surface area contributed by atoms with Crippen LogP contribution < -0.4 is 5.32 Å².